The normalized spacial score (nSPS) is 14.8. The van der Waals surface area contributed by atoms with Gasteiger partial charge in [0.1, 0.15) is 17.2 Å². The number of fused-ring (bicyclic) bond motifs is 1. The molecule has 0 unspecified atom stereocenters. The van der Waals surface area contributed by atoms with E-state index in [2.05, 4.69) is 9.88 Å². The fourth-order valence-electron chi connectivity index (χ4n) is 3.43. The summed E-state index contributed by atoms with van der Waals surface area (Å²) in [4.78, 5) is 21.1. The summed E-state index contributed by atoms with van der Waals surface area (Å²) < 4.78 is 46.9. The van der Waals surface area contributed by atoms with Gasteiger partial charge in [-0.15, -0.1) is 0 Å². The van der Waals surface area contributed by atoms with Gasteiger partial charge in [0.25, 0.3) is 5.91 Å². The molecule has 3 aromatic rings. The zero-order chi connectivity index (χ0) is 22.0. The standard InChI is InChI=1S/C21H19ClF3N3O2S/c22-16-10-13(23)2-3-15(16)20(29)28(5-1-4-27-6-8-30-9-7-27)21-26-19-17(25)11-14(24)12-18(19)31-21/h2-3,10-12H,1,4-9H2. The van der Waals surface area contributed by atoms with Gasteiger partial charge in [-0.25, -0.2) is 18.2 Å². The summed E-state index contributed by atoms with van der Waals surface area (Å²) in [6, 6.07) is 5.46. The zero-order valence-electron chi connectivity index (χ0n) is 16.4. The van der Waals surface area contributed by atoms with E-state index >= 15 is 0 Å². The fraction of sp³-hybridized carbons (Fsp3) is 0.333. The van der Waals surface area contributed by atoms with Crippen molar-refractivity contribution in [3.8, 4) is 0 Å². The Balaban J connectivity index is 1.63. The first-order chi connectivity index (χ1) is 14.9. The van der Waals surface area contributed by atoms with Gasteiger partial charge < -0.3 is 4.74 Å². The molecule has 1 aromatic heterocycles. The van der Waals surface area contributed by atoms with Crippen molar-refractivity contribution in [3.05, 3.63) is 58.4 Å². The highest BCUT2D eigenvalue weighted by atomic mass is 35.5. The highest BCUT2D eigenvalue weighted by Gasteiger charge is 2.24. The van der Waals surface area contributed by atoms with E-state index in [0.29, 0.717) is 24.3 Å². The Hall–Kier alpha value is -2.20. The Bertz CT molecular complexity index is 1100. The number of morpholine rings is 1. The summed E-state index contributed by atoms with van der Waals surface area (Å²) in [6.07, 6.45) is 0.622. The van der Waals surface area contributed by atoms with Crippen LogP contribution >= 0.6 is 22.9 Å². The van der Waals surface area contributed by atoms with Gasteiger partial charge in [-0.2, -0.15) is 0 Å². The molecule has 2 heterocycles. The molecule has 10 heteroatoms. The Morgan fingerprint density at radius 2 is 1.94 bits per heavy atom. The first-order valence-electron chi connectivity index (χ1n) is 9.75. The van der Waals surface area contributed by atoms with Crippen molar-refractivity contribution in [1.82, 2.24) is 9.88 Å². The van der Waals surface area contributed by atoms with Gasteiger partial charge in [-0.3, -0.25) is 14.6 Å². The molecule has 1 fully saturated rings. The highest BCUT2D eigenvalue weighted by molar-refractivity contribution is 7.22. The van der Waals surface area contributed by atoms with E-state index in [9.17, 15) is 18.0 Å². The number of carbonyl (C=O) groups excluding carboxylic acids is 1. The Kier molecular flexibility index (Phi) is 6.76. The Morgan fingerprint density at radius 3 is 2.68 bits per heavy atom. The number of amides is 1. The molecule has 0 bridgehead atoms. The molecular formula is C21H19ClF3N3O2S. The molecule has 0 saturated carbocycles. The fourth-order valence-corrected chi connectivity index (χ4v) is 4.71. The first-order valence-corrected chi connectivity index (χ1v) is 10.9. The number of nitrogens with zero attached hydrogens (tertiary/aromatic N) is 3. The topological polar surface area (TPSA) is 45.7 Å². The van der Waals surface area contributed by atoms with Gasteiger partial charge in [-0.1, -0.05) is 22.9 Å². The number of benzene rings is 2. The van der Waals surface area contributed by atoms with E-state index in [0.717, 1.165) is 49.2 Å². The third kappa shape index (κ3) is 5.01. The molecule has 0 aliphatic carbocycles. The van der Waals surface area contributed by atoms with Gasteiger partial charge in [0.05, 0.1) is 28.5 Å². The van der Waals surface area contributed by atoms with Crippen LogP contribution in [0.2, 0.25) is 5.02 Å². The molecular weight excluding hydrogens is 451 g/mol. The summed E-state index contributed by atoms with van der Waals surface area (Å²) in [7, 11) is 0. The maximum atomic E-state index is 14.2. The highest BCUT2D eigenvalue weighted by Crippen LogP contribution is 2.33. The lowest BCUT2D eigenvalue weighted by Crippen LogP contribution is -2.39. The smallest absolute Gasteiger partial charge is 0.261 e. The van der Waals surface area contributed by atoms with E-state index in [1.165, 1.54) is 17.0 Å². The molecule has 1 aliphatic heterocycles. The molecule has 1 saturated heterocycles. The van der Waals surface area contributed by atoms with Crippen LogP contribution in [0.3, 0.4) is 0 Å². The summed E-state index contributed by atoms with van der Waals surface area (Å²) in [5, 5.41) is 0.202. The largest absolute Gasteiger partial charge is 0.379 e. The van der Waals surface area contributed by atoms with Crippen LogP contribution in [-0.4, -0.2) is 55.2 Å². The Morgan fingerprint density at radius 1 is 1.16 bits per heavy atom. The van der Waals surface area contributed by atoms with Gasteiger partial charge in [0.2, 0.25) is 0 Å². The zero-order valence-corrected chi connectivity index (χ0v) is 18.0. The lowest BCUT2D eigenvalue weighted by atomic mass is 10.2. The molecule has 164 valence electrons. The third-order valence-electron chi connectivity index (χ3n) is 5.00. The van der Waals surface area contributed by atoms with Crippen molar-refractivity contribution in [2.24, 2.45) is 0 Å². The number of carbonyl (C=O) groups is 1. The number of hydrogen-bond acceptors (Lipinski definition) is 5. The maximum absolute atomic E-state index is 14.2. The second-order valence-electron chi connectivity index (χ2n) is 7.12. The van der Waals surface area contributed by atoms with Crippen LogP contribution in [0.15, 0.2) is 30.3 Å². The van der Waals surface area contributed by atoms with Gasteiger partial charge in [-0.05, 0) is 30.7 Å². The van der Waals surface area contributed by atoms with Crippen molar-refractivity contribution in [2.75, 3.05) is 44.3 Å². The number of aromatic nitrogens is 1. The predicted octanol–water partition coefficient (Wildman–Crippen LogP) is 4.74. The van der Waals surface area contributed by atoms with Crippen molar-refractivity contribution in [2.45, 2.75) is 6.42 Å². The number of thiazole rings is 1. The van der Waals surface area contributed by atoms with Crippen LogP contribution in [0.25, 0.3) is 10.2 Å². The van der Waals surface area contributed by atoms with Gasteiger partial charge in [0.15, 0.2) is 10.9 Å². The summed E-state index contributed by atoms with van der Waals surface area (Å²) >= 11 is 7.12. The summed E-state index contributed by atoms with van der Waals surface area (Å²) in [6.45, 7) is 3.96. The van der Waals surface area contributed by atoms with E-state index in [1.807, 2.05) is 0 Å². The molecule has 1 amide bonds. The number of halogens is 4. The SMILES string of the molecule is O=C(c1ccc(F)cc1Cl)N(CCCN1CCOCC1)c1nc2c(F)cc(F)cc2s1. The van der Waals surface area contributed by atoms with Crippen LogP contribution in [0.1, 0.15) is 16.8 Å². The summed E-state index contributed by atoms with van der Waals surface area (Å²) in [5.41, 5.74) is 0.109. The average molecular weight is 470 g/mol. The monoisotopic (exact) mass is 469 g/mol. The summed E-state index contributed by atoms with van der Waals surface area (Å²) in [5.74, 6) is -2.55. The molecule has 2 aromatic carbocycles. The first kappa shape index (κ1) is 22.0. The van der Waals surface area contributed by atoms with Crippen molar-refractivity contribution < 1.29 is 22.7 Å². The number of ether oxygens (including phenoxy) is 1. The minimum atomic E-state index is -0.793. The Labute approximate surface area is 186 Å². The quantitative estimate of drug-likeness (QED) is 0.523. The van der Waals surface area contributed by atoms with E-state index < -0.39 is 23.4 Å². The predicted molar refractivity (Wildman–Crippen MR) is 114 cm³/mol. The van der Waals surface area contributed by atoms with Crippen LogP contribution in [0.5, 0.6) is 0 Å². The van der Waals surface area contributed by atoms with E-state index in [1.54, 1.807) is 0 Å². The second-order valence-corrected chi connectivity index (χ2v) is 8.54. The van der Waals surface area contributed by atoms with Crippen molar-refractivity contribution >= 4 is 44.2 Å². The van der Waals surface area contributed by atoms with Crippen LogP contribution in [0.4, 0.5) is 18.3 Å². The van der Waals surface area contributed by atoms with Crippen LogP contribution < -0.4 is 4.90 Å². The molecule has 0 atom stereocenters. The minimum Gasteiger partial charge on any atom is -0.379 e. The van der Waals surface area contributed by atoms with Crippen molar-refractivity contribution in [1.29, 1.82) is 0 Å². The molecule has 31 heavy (non-hydrogen) atoms. The molecule has 0 spiro atoms. The van der Waals surface area contributed by atoms with Gasteiger partial charge >= 0.3 is 0 Å². The molecule has 0 radical (unpaired) electrons. The van der Waals surface area contributed by atoms with E-state index in [4.69, 9.17) is 16.3 Å². The lowest BCUT2D eigenvalue weighted by molar-refractivity contribution is 0.0376. The number of rotatable bonds is 6. The van der Waals surface area contributed by atoms with Crippen LogP contribution in [-0.2, 0) is 4.74 Å². The molecule has 4 rings (SSSR count). The van der Waals surface area contributed by atoms with Gasteiger partial charge in [0, 0.05) is 32.2 Å². The minimum absolute atomic E-state index is 0.00224. The molecule has 5 nitrogen and oxygen atoms in total. The number of anilines is 1. The second kappa shape index (κ2) is 9.52. The molecule has 1 aliphatic rings. The lowest BCUT2D eigenvalue weighted by Gasteiger charge is -2.27. The molecule has 0 N–H and O–H groups in total. The average Bonchev–Trinajstić information content (AvgIpc) is 3.15. The van der Waals surface area contributed by atoms with Crippen molar-refractivity contribution in [3.63, 3.8) is 0 Å². The third-order valence-corrected chi connectivity index (χ3v) is 6.34. The maximum Gasteiger partial charge on any atom is 0.261 e. The number of hydrogen-bond donors (Lipinski definition) is 0. The van der Waals surface area contributed by atoms with E-state index in [-0.39, 0.29) is 27.8 Å². The van der Waals surface area contributed by atoms with Crippen LogP contribution in [0, 0.1) is 17.5 Å².